The molecule has 0 aliphatic rings. The highest BCUT2D eigenvalue weighted by Gasteiger charge is 1.98. The van der Waals surface area contributed by atoms with Gasteiger partial charge in [-0.3, -0.25) is 4.79 Å². The Bertz CT molecular complexity index is 309. The Balaban J connectivity index is 3.09. The van der Waals surface area contributed by atoms with Crippen molar-refractivity contribution in [3.8, 4) is 0 Å². The van der Waals surface area contributed by atoms with Crippen LogP contribution in [0.3, 0.4) is 0 Å². The van der Waals surface area contributed by atoms with E-state index in [1.807, 2.05) is 0 Å². The highest BCUT2D eigenvalue weighted by molar-refractivity contribution is 5.94. The van der Waals surface area contributed by atoms with Gasteiger partial charge < -0.3 is 15.9 Å². The van der Waals surface area contributed by atoms with Gasteiger partial charge in [-0.05, 0) is 0 Å². The Morgan fingerprint density at radius 1 is 1.82 bits per heavy atom. The van der Waals surface area contributed by atoms with E-state index in [9.17, 15) is 4.79 Å². The molecule has 0 spiro atoms. The van der Waals surface area contributed by atoms with Gasteiger partial charge in [-0.25, -0.2) is 4.98 Å². The average Bonchev–Trinajstić information content (AvgIpc) is 2.05. The van der Waals surface area contributed by atoms with Crippen LogP contribution in [-0.2, 0) is 0 Å². The molecule has 4 N–H and O–H groups in total. The molecule has 0 saturated heterocycles. The van der Waals surface area contributed by atoms with E-state index in [-0.39, 0.29) is 17.1 Å². The minimum atomic E-state index is -0.334. The van der Waals surface area contributed by atoms with Crippen molar-refractivity contribution < 1.29 is 5.21 Å². The lowest BCUT2D eigenvalue weighted by Gasteiger charge is -1.93. The zero-order valence-electron chi connectivity index (χ0n) is 5.48. The normalized spacial score (nSPS) is 11.5. The van der Waals surface area contributed by atoms with Crippen LogP contribution < -0.4 is 11.3 Å². The maximum atomic E-state index is 10.5. The average molecular weight is 154 g/mol. The largest absolute Gasteiger partial charge is 0.409 e. The number of oxime groups is 1. The van der Waals surface area contributed by atoms with Gasteiger partial charge >= 0.3 is 0 Å². The Morgan fingerprint density at radius 2 is 2.55 bits per heavy atom. The molecule has 0 aliphatic carbocycles. The molecule has 1 aromatic heterocycles. The third kappa shape index (κ3) is 1.54. The second-order valence-electron chi connectivity index (χ2n) is 1.78. The number of H-pyrrole nitrogens is 1. The monoisotopic (exact) mass is 154 g/mol. The molecule has 0 fully saturated rings. The molecule has 0 bridgehead atoms. The van der Waals surface area contributed by atoms with Crippen molar-refractivity contribution in [3.63, 3.8) is 0 Å². The number of amidine groups is 1. The highest BCUT2D eigenvalue weighted by Crippen LogP contribution is 1.84. The Hall–Kier alpha value is -1.85. The van der Waals surface area contributed by atoms with E-state index >= 15 is 0 Å². The number of nitrogens with one attached hydrogen (secondary N) is 1. The van der Waals surface area contributed by atoms with Gasteiger partial charge in [0.1, 0.15) is 5.69 Å². The fourth-order valence-electron chi connectivity index (χ4n) is 0.533. The van der Waals surface area contributed by atoms with Gasteiger partial charge in [0.15, 0.2) is 5.84 Å². The molecule has 0 aromatic carbocycles. The summed E-state index contributed by atoms with van der Waals surface area (Å²) in [5.41, 5.74) is 5.05. The molecule has 6 heteroatoms. The van der Waals surface area contributed by atoms with Crippen molar-refractivity contribution in [2.24, 2.45) is 10.9 Å². The predicted molar refractivity (Wildman–Crippen MR) is 37.4 cm³/mol. The lowest BCUT2D eigenvalue weighted by molar-refractivity contribution is 0.318. The van der Waals surface area contributed by atoms with Crippen LogP contribution in [0.5, 0.6) is 0 Å². The molecule has 0 aliphatic heterocycles. The van der Waals surface area contributed by atoms with Gasteiger partial charge in [0.25, 0.3) is 5.56 Å². The van der Waals surface area contributed by atoms with E-state index in [1.165, 1.54) is 6.20 Å². The standard InChI is InChI=1S/C5H6N4O2/c6-5(9-11)3-1-8-4(10)2-7-3/h1-2,11H,(H2,6,9)(H,8,10). The van der Waals surface area contributed by atoms with Crippen LogP contribution in [0.4, 0.5) is 0 Å². The zero-order chi connectivity index (χ0) is 8.27. The number of hydrogen-bond donors (Lipinski definition) is 3. The van der Waals surface area contributed by atoms with Crippen molar-refractivity contribution in [2.45, 2.75) is 0 Å². The summed E-state index contributed by atoms with van der Waals surface area (Å²) in [5, 5.41) is 10.9. The number of nitrogens with zero attached hydrogens (tertiary/aromatic N) is 2. The van der Waals surface area contributed by atoms with Gasteiger partial charge in [0.05, 0.1) is 6.20 Å². The zero-order valence-corrected chi connectivity index (χ0v) is 5.48. The Morgan fingerprint density at radius 3 is 3.00 bits per heavy atom. The topological polar surface area (TPSA) is 104 Å². The molecule has 0 saturated carbocycles. The predicted octanol–water partition coefficient (Wildman–Crippen LogP) is -1.14. The van der Waals surface area contributed by atoms with Crippen molar-refractivity contribution in [1.82, 2.24) is 9.97 Å². The first-order valence-electron chi connectivity index (χ1n) is 2.76. The number of nitrogens with two attached hydrogens (primary N) is 1. The second kappa shape index (κ2) is 2.82. The van der Waals surface area contributed by atoms with E-state index in [1.54, 1.807) is 0 Å². The van der Waals surface area contributed by atoms with Gasteiger partial charge in [0.2, 0.25) is 0 Å². The van der Waals surface area contributed by atoms with Gasteiger partial charge in [-0.15, -0.1) is 0 Å². The summed E-state index contributed by atoms with van der Waals surface area (Å²) in [4.78, 5) is 16.4. The summed E-state index contributed by atoms with van der Waals surface area (Å²) in [6, 6.07) is 0. The summed E-state index contributed by atoms with van der Waals surface area (Å²) < 4.78 is 0. The third-order valence-electron chi connectivity index (χ3n) is 1.04. The fourth-order valence-corrected chi connectivity index (χ4v) is 0.533. The van der Waals surface area contributed by atoms with E-state index in [2.05, 4.69) is 15.1 Å². The summed E-state index contributed by atoms with van der Waals surface area (Å²) in [6.07, 6.45) is 2.31. The van der Waals surface area contributed by atoms with Crippen molar-refractivity contribution in [1.29, 1.82) is 0 Å². The van der Waals surface area contributed by atoms with E-state index in [0.717, 1.165) is 6.20 Å². The maximum absolute atomic E-state index is 10.5. The lowest BCUT2D eigenvalue weighted by Crippen LogP contribution is -2.17. The van der Waals surface area contributed by atoms with Crippen LogP contribution in [0.25, 0.3) is 0 Å². The second-order valence-corrected chi connectivity index (χ2v) is 1.78. The quantitative estimate of drug-likeness (QED) is 0.206. The molecule has 6 nitrogen and oxygen atoms in total. The Kier molecular flexibility index (Phi) is 1.86. The summed E-state index contributed by atoms with van der Waals surface area (Å²) >= 11 is 0. The Labute approximate surface area is 61.4 Å². The smallest absolute Gasteiger partial charge is 0.266 e. The number of rotatable bonds is 1. The molecule has 0 amide bonds. The molecule has 1 rings (SSSR count). The third-order valence-corrected chi connectivity index (χ3v) is 1.04. The number of hydrogen-bond acceptors (Lipinski definition) is 4. The molecule has 1 aromatic rings. The van der Waals surface area contributed by atoms with E-state index in [0.29, 0.717) is 0 Å². The molecule has 11 heavy (non-hydrogen) atoms. The van der Waals surface area contributed by atoms with Crippen LogP contribution in [0.2, 0.25) is 0 Å². The molecule has 0 radical (unpaired) electrons. The molecule has 58 valence electrons. The molecular formula is C5H6N4O2. The number of aromatic nitrogens is 2. The van der Waals surface area contributed by atoms with Crippen molar-refractivity contribution in [3.05, 3.63) is 28.4 Å². The van der Waals surface area contributed by atoms with Crippen molar-refractivity contribution >= 4 is 5.84 Å². The number of aromatic amines is 1. The molecule has 0 unspecified atom stereocenters. The highest BCUT2D eigenvalue weighted by atomic mass is 16.4. The fraction of sp³-hybridized carbons (Fsp3) is 0. The van der Waals surface area contributed by atoms with Crippen LogP contribution in [0.1, 0.15) is 5.69 Å². The van der Waals surface area contributed by atoms with Crippen LogP contribution in [0.15, 0.2) is 22.3 Å². The van der Waals surface area contributed by atoms with Gasteiger partial charge in [0, 0.05) is 6.20 Å². The van der Waals surface area contributed by atoms with Gasteiger partial charge in [-0.1, -0.05) is 5.16 Å². The maximum Gasteiger partial charge on any atom is 0.266 e. The molecule has 1 heterocycles. The first-order valence-corrected chi connectivity index (χ1v) is 2.76. The lowest BCUT2D eigenvalue weighted by atomic mass is 10.4. The minimum absolute atomic E-state index is 0.138. The van der Waals surface area contributed by atoms with Crippen LogP contribution in [0, 0.1) is 0 Å². The van der Waals surface area contributed by atoms with E-state index < -0.39 is 0 Å². The summed E-state index contributed by atoms with van der Waals surface area (Å²) in [7, 11) is 0. The van der Waals surface area contributed by atoms with E-state index in [4.69, 9.17) is 10.9 Å². The van der Waals surface area contributed by atoms with Crippen LogP contribution in [-0.4, -0.2) is 21.0 Å². The molecule has 0 atom stereocenters. The first-order chi connectivity index (χ1) is 5.24. The molecular weight excluding hydrogens is 148 g/mol. The first kappa shape index (κ1) is 7.26. The van der Waals surface area contributed by atoms with Gasteiger partial charge in [-0.2, -0.15) is 0 Å². The van der Waals surface area contributed by atoms with Crippen LogP contribution >= 0.6 is 0 Å². The summed E-state index contributed by atoms with van der Waals surface area (Å²) in [5.74, 6) is -0.138. The summed E-state index contributed by atoms with van der Waals surface area (Å²) in [6.45, 7) is 0. The minimum Gasteiger partial charge on any atom is -0.409 e. The van der Waals surface area contributed by atoms with Crippen molar-refractivity contribution in [2.75, 3.05) is 0 Å². The SMILES string of the molecule is NC(=NO)c1c[nH]c(=O)cn1.